The first-order valence-electron chi connectivity index (χ1n) is 3.77. The van der Waals surface area contributed by atoms with Gasteiger partial charge in [-0.05, 0) is 12.8 Å². The van der Waals surface area contributed by atoms with Crippen molar-refractivity contribution in [2.75, 3.05) is 13.2 Å². The third kappa shape index (κ3) is 3.16. The van der Waals surface area contributed by atoms with Gasteiger partial charge in [-0.2, -0.15) is 0 Å². The first-order chi connectivity index (χ1) is 5.24. The van der Waals surface area contributed by atoms with Crippen LogP contribution in [0.2, 0.25) is 0 Å². The number of rotatable bonds is 6. The van der Waals surface area contributed by atoms with Crippen LogP contribution in [0.5, 0.6) is 0 Å². The van der Waals surface area contributed by atoms with E-state index < -0.39 is 0 Å². The largest absolute Gasteiger partial charge is 0.252 e. The van der Waals surface area contributed by atoms with Gasteiger partial charge in [0.05, 0.1) is 13.2 Å². The molecule has 0 aliphatic carbocycles. The summed E-state index contributed by atoms with van der Waals surface area (Å²) in [6.07, 6.45) is 1.59. The molecule has 0 bridgehead atoms. The normalized spacial score (nSPS) is 12.0. The van der Waals surface area contributed by atoms with Crippen molar-refractivity contribution in [2.45, 2.75) is 26.7 Å². The fourth-order valence-corrected chi connectivity index (χ4v) is 0.974. The SMILES string of the molecule is CCC(CC)(COO)COO. The summed E-state index contributed by atoms with van der Waals surface area (Å²) in [5, 5.41) is 16.5. The summed E-state index contributed by atoms with van der Waals surface area (Å²) in [4.78, 5) is 8.10. The highest BCUT2D eigenvalue weighted by atomic mass is 17.1. The van der Waals surface area contributed by atoms with Gasteiger partial charge in [-0.3, -0.25) is 10.5 Å². The zero-order chi connectivity index (χ0) is 8.74. The highest BCUT2D eigenvalue weighted by Crippen LogP contribution is 2.26. The molecule has 0 fully saturated rings. The zero-order valence-electron chi connectivity index (χ0n) is 7.04. The lowest BCUT2D eigenvalue weighted by molar-refractivity contribution is -0.301. The molecule has 4 heteroatoms. The van der Waals surface area contributed by atoms with Gasteiger partial charge in [-0.1, -0.05) is 13.8 Å². The van der Waals surface area contributed by atoms with Crippen LogP contribution in [0.1, 0.15) is 26.7 Å². The lowest BCUT2D eigenvalue weighted by Crippen LogP contribution is -2.30. The van der Waals surface area contributed by atoms with Crippen LogP contribution in [-0.2, 0) is 9.78 Å². The number of hydrogen-bond donors (Lipinski definition) is 2. The van der Waals surface area contributed by atoms with Crippen molar-refractivity contribution in [3.8, 4) is 0 Å². The van der Waals surface area contributed by atoms with Crippen molar-refractivity contribution >= 4 is 0 Å². The van der Waals surface area contributed by atoms with Gasteiger partial charge in [0.2, 0.25) is 0 Å². The third-order valence-electron chi connectivity index (χ3n) is 2.24. The first kappa shape index (κ1) is 10.8. The fraction of sp³-hybridized carbons (Fsp3) is 1.00. The van der Waals surface area contributed by atoms with Gasteiger partial charge in [0.15, 0.2) is 0 Å². The van der Waals surface area contributed by atoms with Crippen molar-refractivity contribution in [2.24, 2.45) is 5.41 Å². The Hall–Kier alpha value is -0.160. The van der Waals surface area contributed by atoms with Crippen LogP contribution >= 0.6 is 0 Å². The van der Waals surface area contributed by atoms with Crippen molar-refractivity contribution in [1.29, 1.82) is 0 Å². The lowest BCUT2D eigenvalue weighted by Gasteiger charge is -2.27. The summed E-state index contributed by atoms with van der Waals surface area (Å²) in [6, 6.07) is 0. The Balaban J connectivity index is 3.96. The van der Waals surface area contributed by atoms with Crippen LogP contribution in [-0.4, -0.2) is 23.7 Å². The van der Waals surface area contributed by atoms with E-state index in [2.05, 4.69) is 9.78 Å². The van der Waals surface area contributed by atoms with E-state index in [4.69, 9.17) is 10.5 Å². The predicted molar refractivity (Wildman–Crippen MR) is 40.2 cm³/mol. The van der Waals surface area contributed by atoms with E-state index in [1.807, 2.05) is 13.8 Å². The molecule has 0 amide bonds. The maximum atomic E-state index is 8.25. The van der Waals surface area contributed by atoms with Crippen molar-refractivity contribution in [1.82, 2.24) is 0 Å². The van der Waals surface area contributed by atoms with E-state index >= 15 is 0 Å². The van der Waals surface area contributed by atoms with E-state index in [1.54, 1.807) is 0 Å². The van der Waals surface area contributed by atoms with Crippen LogP contribution in [0.4, 0.5) is 0 Å². The molecule has 0 aliphatic rings. The maximum Gasteiger partial charge on any atom is 0.0899 e. The second-order valence-electron chi connectivity index (χ2n) is 2.75. The molecule has 68 valence electrons. The van der Waals surface area contributed by atoms with Crippen molar-refractivity contribution in [3.05, 3.63) is 0 Å². The molecule has 11 heavy (non-hydrogen) atoms. The van der Waals surface area contributed by atoms with E-state index in [9.17, 15) is 0 Å². The summed E-state index contributed by atoms with van der Waals surface area (Å²) >= 11 is 0. The third-order valence-corrected chi connectivity index (χ3v) is 2.24. The van der Waals surface area contributed by atoms with Gasteiger partial charge in [-0.15, -0.1) is 0 Å². The van der Waals surface area contributed by atoms with E-state index in [1.165, 1.54) is 0 Å². The smallest absolute Gasteiger partial charge is 0.0899 e. The molecule has 0 aromatic rings. The Kier molecular flexibility index (Phi) is 5.41. The zero-order valence-corrected chi connectivity index (χ0v) is 7.04. The highest BCUT2D eigenvalue weighted by molar-refractivity contribution is 4.74. The van der Waals surface area contributed by atoms with Crippen LogP contribution in [0.15, 0.2) is 0 Å². The van der Waals surface area contributed by atoms with Gasteiger partial charge in [-0.25, -0.2) is 9.78 Å². The second-order valence-corrected chi connectivity index (χ2v) is 2.75. The van der Waals surface area contributed by atoms with E-state index in [-0.39, 0.29) is 18.6 Å². The average molecular weight is 164 g/mol. The molecule has 0 aromatic heterocycles. The summed E-state index contributed by atoms with van der Waals surface area (Å²) in [7, 11) is 0. The van der Waals surface area contributed by atoms with Gasteiger partial charge in [0, 0.05) is 5.41 Å². The van der Waals surface area contributed by atoms with E-state index in [0.717, 1.165) is 12.8 Å². The second kappa shape index (κ2) is 5.49. The van der Waals surface area contributed by atoms with Crippen LogP contribution in [0.3, 0.4) is 0 Å². The molecular weight excluding hydrogens is 148 g/mol. The summed E-state index contributed by atoms with van der Waals surface area (Å²) in [5.41, 5.74) is -0.260. The minimum atomic E-state index is -0.260. The molecule has 0 spiro atoms. The standard InChI is InChI=1S/C7H16O4/c1-3-7(4-2,5-10-8)6-11-9/h8-9H,3-6H2,1-2H3. The number of hydrogen-bond acceptors (Lipinski definition) is 4. The van der Waals surface area contributed by atoms with Gasteiger partial charge in [0.25, 0.3) is 0 Å². The quantitative estimate of drug-likeness (QED) is 0.464. The van der Waals surface area contributed by atoms with Crippen molar-refractivity contribution in [3.63, 3.8) is 0 Å². The van der Waals surface area contributed by atoms with Gasteiger partial charge < -0.3 is 0 Å². The molecule has 0 saturated carbocycles. The monoisotopic (exact) mass is 164 g/mol. The molecule has 0 saturated heterocycles. The Labute approximate surface area is 66.6 Å². The lowest BCUT2D eigenvalue weighted by atomic mass is 9.84. The molecule has 0 aromatic carbocycles. The molecule has 0 heterocycles. The van der Waals surface area contributed by atoms with Crippen molar-refractivity contribution < 1.29 is 20.3 Å². The molecule has 4 nitrogen and oxygen atoms in total. The van der Waals surface area contributed by atoms with Crippen LogP contribution < -0.4 is 0 Å². The van der Waals surface area contributed by atoms with Gasteiger partial charge in [0.1, 0.15) is 0 Å². The Morgan fingerprint density at radius 3 is 1.55 bits per heavy atom. The summed E-state index contributed by atoms with van der Waals surface area (Å²) in [5.74, 6) is 0. The summed E-state index contributed by atoms with van der Waals surface area (Å²) < 4.78 is 0. The summed E-state index contributed by atoms with van der Waals surface area (Å²) in [6.45, 7) is 4.31. The molecule has 2 N–H and O–H groups in total. The van der Waals surface area contributed by atoms with E-state index in [0.29, 0.717) is 0 Å². The van der Waals surface area contributed by atoms with Crippen LogP contribution in [0, 0.1) is 5.41 Å². The minimum Gasteiger partial charge on any atom is -0.252 e. The Bertz CT molecular complexity index is 82.4. The average Bonchev–Trinajstić information content (AvgIpc) is 2.04. The molecular formula is C7H16O4. The van der Waals surface area contributed by atoms with Crippen LogP contribution in [0.25, 0.3) is 0 Å². The molecule has 0 unspecified atom stereocenters. The fourth-order valence-electron chi connectivity index (χ4n) is 0.974. The molecule has 0 radical (unpaired) electrons. The maximum absolute atomic E-state index is 8.25. The Morgan fingerprint density at radius 2 is 1.36 bits per heavy atom. The topological polar surface area (TPSA) is 58.9 Å². The predicted octanol–water partition coefficient (Wildman–Crippen LogP) is 1.77. The minimum absolute atomic E-state index is 0.195. The molecule has 0 aliphatic heterocycles. The Morgan fingerprint density at radius 1 is 1.00 bits per heavy atom. The molecule has 0 atom stereocenters. The highest BCUT2D eigenvalue weighted by Gasteiger charge is 2.27. The van der Waals surface area contributed by atoms with Gasteiger partial charge >= 0.3 is 0 Å². The first-order valence-corrected chi connectivity index (χ1v) is 3.77. The molecule has 0 rings (SSSR count).